The monoisotopic (exact) mass is 648 g/mol. The maximum atomic E-state index is 6.39. The normalized spacial score (nSPS) is 11.9. The van der Waals surface area contributed by atoms with Crippen LogP contribution in [-0.2, 0) is 20.3 Å². The summed E-state index contributed by atoms with van der Waals surface area (Å²) in [6.45, 7) is 15.5. The first-order valence-electron chi connectivity index (χ1n) is 16.3. The standard InChI is InChI=1S/C42H48O4S/c1-41(2,3)32-20-22-36(46-26-24-44-8)34(28-32)33-27-31(19-21-35(33)45-25-23-43-7)39-37(29-15-11-9-12-16-29)38(30-17-13-10-14-18-30)40(47-39)42(4,5)6/h9-22,27-28H,23-26H2,1-8H3. The van der Waals surface area contributed by atoms with E-state index < -0.39 is 0 Å². The molecule has 0 aliphatic heterocycles. The van der Waals surface area contributed by atoms with Gasteiger partial charge in [-0.3, -0.25) is 0 Å². The molecule has 246 valence electrons. The minimum absolute atomic E-state index is 0.0467. The molecule has 0 N–H and O–H groups in total. The summed E-state index contributed by atoms with van der Waals surface area (Å²) >= 11 is 1.89. The Morgan fingerprint density at radius 1 is 0.511 bits per heavy atom. The van der Waals surface area contributed by atoms with Gasteiger partial charge in [0, 0.05) is 46.2 Å². The SMILES string of the molecule is COCCOc1ccc(-c2sc(C(C)(C)C)c(-c3ccccc3)c2-c2ccccc2)cc1-c1cc(C(C)(C)C)ccc1OCCOC. The van der Waals surface area contributed by atoms with Crippen LogP contribution in [0.5, 0.6) is 11.5 Å². The van der Waals surface area contributed by atoms with Gasteiger partial charge < -0.3 is 18.9 Å². The predicted molar refractivity (Wildman–Crippen MR) is 198 cm³/mol. The number of methoxy groups -OCH3 is 2. The second kappa shape index (κ2) is 14.9. The van der Waals surface area contributed by atoms with Crippen molar-refractivity contribution in [3.63, 3.8) is 0 Å². The van der Waals surface area contributed by atoms with Gasteiger partial charge in [0.05, 0.1) is 13.2 Å². The van der Waals surface area contributed by atoms with Crippen molar-refractivity contribution >= 4 is 11.3 Å². The number of hydrogen-bond donors (Lipinski definition) is 0. The van der Waals surface area contributed by atoms with Gasteiger partial charge in [-0.2, -0.15) is 0 Å². The number of ether oxygens (including phenoxy) is 4. The lowest BCUT2D eigenvalue weighted by Gasteiger charge is -2.23. The van der Waals surface area contributed by atoms with Crippen molar-refractivity contribution in [3.8, 4) is 55.3 Å². The van der Waals surface area contributed by atoms with Crippen LogP contribution < -0.4 is 9.47 Å². The van der Waals surface area contributed by atoms with Crippen molar-refractivity contribution in [3.05, 3.63) is 108 Å². The van der Waals surface area contributed by atoms with Crippen LogP contribution in [0.4, 0.5) is 0 Å². The summed E-state index contributed by atoms with van der Waals surface area (Å²) in [6, 6.07) is 34.7. The second-order valence-corrected chi connectivity index (χ2v) is 14.9. The Labute approximate surface area is 285 Å². The molecule has 4 aromatic carbocycles. The molecule has 1 heterocycles. The molecule has 0 saturated carbocycles. The molecular weight excluding hydrogens is 601 g/mol. The second-order valence-electron chi connectivity index (χ2n) is 13.8. The molecule has 5 rings (SSSR count). The summed E-state index contributed by atoms with van der Waals surface area (Å²) in [5.74, 6) is 1.60. The molecular formula is C42H48O4S. The maximum Gasteiger partial charge on any atom is 0.127 e. The van der Waals surface area contributed by atoms with Crippen LogP contribution in [0.25, 0.3) is 43.8 Å². The topological polar surface area (TPSA) is 36.9 Å². The molecule has 5 aromatic rings. The van der Waals surface area contributed by atoms with E-state index in [0.717, 1.165) is 28.2 Å². The van der Waals surface area contributed by atoms with E-state index in [0.29, 0.717) is 26.4 Å². The quantitative estimate of drug-likeness (QED) is 0.126. The van der Waals surface area contributed by atoms with Crippen molar-refractivity contribution in [2.24, 2.45) is 0 Å². The average Bonchev–Trinajstić information content (AvgIpc) is 3.47. The van der Waals surface area contributed by atoms with Crippen LogP contribution in [0.15, 0.2) is 97.1 Å². The smallest absolute Gasteiger partial charge is 0.127 e. The van der Waals surface area contributed by atoms with Gasteiger partial charge in [-0.1, -0.05) is 108 Å². The third-order valence-corrected chi connectivity index (χ3v) is 9.85. The zero-order valence-corrected chi connectivity index (χ0v) is 29.9. The molecule has 0 aliphatic carbocycles. The Bertz CT molecular complexity index is 1760. The fraction of sp³-hybridized carbons (Fsp3) is 0.333. The maximum absolute atomic E-state index is 6.39. The zero-order valence-electron chi connectivity index (χ0n) is 29.1. The van der Waals surface area contributed by atoms with E-state index in [1.165, 1.54) is 37.6 Å². The van der Waals surface area contributed by atoms with Gasteiger partial charge in [-0.25, -0.2) is 0 Å². The molecule has 5 heteroatoms. The Balaban J connectivity index is 1.80. The van der Waals surface area contributed by atoms with E-state index >= 15 is 0 Å². The number of hydrogen-bond acceptors (Lipinski definition) is 5. The molecule has 0 amide bonds. The van der Waals surface area contributed by atoms with Crippen LogP contribution in [0.2, 0.25) is 0 Å². The summed E-state index contributed by atoms with van der Waals surface area (Å²) in [4.78, 5) is 2.59. The highest BCUT2D eigenvalue weighted by atomic mass is 32.1. The number of rotatable bonds is 12. The highest BCUT2D eigenvalue weighted by Gasteiger charge is 2.29. The minimum Gasteiger partial charge on any atom is -0.491 e. The third-order valence-electron chi connectivity index (χ3n) is 8.18. The van der Waals surface area contributed by atoms with Gasteiger partial charge >= 0.3 is 0 Å². The molecule has 0 saturated heterocycles. The summed E-state index contributed by atoms with van der Waals surface area (Å²) in [5.41, 5.74) is 9.22. The van der Waals surface area contributed by atoms with Crippen LogP contribution in [0.1, 0.15) is 52.0 Å². The third kappa shape index (κ3) is 7.98. The first kappa shape index (κ1) is 34.4. The molecule has 0 spiro atoms. The molecule has 4 nitrogen and oxygen atoms in total. The van der Waals surface area contributed by atoms with E-state index in [1.807, 2.05) is 11.3 Å². The van der Waals surface area contributed by atoms with Crippen LogP contribution in [0.3, 0.4) is 0 Å². The Kier molecular flexibility index (Phi) is 10.9. The van der Waals surface area contributed by atoms with Crippen molar-refractivity contribution in [2.75, 3.05) is 40.6 Å². The molecule has 0 bridgehead atoms. The van der Waals surface area contributed by atoms with Gasteiger partial charge in [0.2, 0.25) is 0 Å². The van der Waals surface area contributed by atoms with E-state index in [-0.39, 0.29) is 10.8 Å². The number of thiophene rings is 1. The molecule has 1 aromatic heterocycles. The van der Waals surface area contributed by atoms with Gasteiger partial charge in [0.25, 0.3) is 0 Å². The predicted octanol–water partition coefficient (Wildman–Crippen LogP) is 11.1. The molecule has 0 fully saturated rings. The van der Waals surface area contributed by atoms with Gasteiger partial charge in [-0.15, -0.1) is 11.3 Å². The molecule has 0 atom stereocenters. The fourth-order valence-corrected chi connectivity index (χ4v) is 7.13. The van der Waals surface area contributed by atoms with Crippen molar-refractivity contribution in [1.82, 2.24) is 0 Å². The van der Waals surface area contributed by atoms with E-state index in [2.05, 4.69) is 139 Å². The zero-order chi connectivity index (χ0) is 33.6. The van der Waals surface area contributed by atoms with Gasteiger partial charge in [0.1, 0.15) is 24.7 Å². The van der Waals surface area contributed by atoms with E-state index in [9.17, 15) is 0 Å². The molecule has 0 unspecified atom stereocenters. The largest absolute Gasteiger partial charge is 0.491 e. The summed E-state index contributed by atoms with van der Waals surface area (Å²) in [7, 11) is 3.39. The van der Waals surface area contributed by atoms with Crippen LogP contribution in [-0.4, -0.2) is 40.6 Å². The first-order chi connectivity index (χ1) is 22.5. The molecule has 0 aliphatic rings. The lowest BCUT2D eigenvalue weighted by molar-refractivity contribution is 0.145. The lowest BCUT2D eigenvalue weighted by Crippen LogP contribution is -2.12. The van der Waals surface area contributed by atoms with E-state index in [1.54, 1.807) is 14.2 Å². The highest BCUT2D eigenvalue weighted by Crippen LogP contribution is 2.53. The number of benzene rings is 4. The molecule has 0 radical (unpaired) electrons. The Morgan fingerprint density at radius 2 is 1.02 bits per heavy atom. The minimum atomic E-state index is -0.0624. The van der Waals surface area contributed by atoms with Crippen molar-refractivity contribution in [1.29, 1.82) is 0 Å². The average molecular weight is 649 g/mol. The Morgan fingerprint density at radius 3 is 1.53 bits per heavy atom. The lowest BCUT2D eigenvalue weighted by atomic mass is 9.84. The van der Waals surface area contributed by atoms with Crippen LogP contribution in [0, 0.1) is 0 Å². The molecule has 47 heavy (non-hydrogen) atoms. The van der Waals surface area contributed by atoms with Crippen molar-refractivity contribution in [2.45, 2.75) is 52.4 Å². The van der Waals surface area contributed by atoms with Crippen LogP contribution >= 0.6 is 11.3 Å². The van der Waals surface area contributed by atoms with Gasteiger partial charge in [0.15, 0.2) is 0 Å². The van der Waals surface area contributed by atoms with Crippen molar-refractivity contribution < 1.29 is 18.9 Å². The van der Waals surface area contributed by atoms with E-state index in [4.69, 9.17) is 18.9 Å². The Hall–Kier alpha value is -3.90. The summed E-state index contributed by atoms with van der Waals surface area (Å²) < 4.78 is 23.4. The fourth-order valence-electron chi connectivity index (χ4n) is 5.73. The summed E-state index contributed by atoms with van der Waals surface area (Å²) in [6.07, 6.45) is 0. The summed E-state index contributed by atoms with van der Waals surface area (Å²) in [5, 5.41) is 0. The first-order valence-corrected chi connectivity index (χ1v) is 17.2. The van der Waals surface area contributed by atoms with Gasteiger partial charge in [-0.05, 0) is 63.4 Å². The highest BCUT2D eigenvalue weighted by molar-refractivity contribution is 7.17.